The topological polar surface area (TPSA) is 24.6 Å². The zero-order chi connectivity index (χ0) is 20.3. The predicted molar refractivity (Wildman–Crippen MR) is 120 cm³/mol. The van der Waals surface area contributed by atoms with Crippen LogP contribution in [0.5, 0.6) is 0 Å². The van der Waals surface area contributed by atoms with E-state index in [0.29, 0.717) is 0 Å². The third-order valence-corrected chi connectivity index (χ3v) is 6.38. The number of benzene rings is 2. The molecule has 4 aromatic rings. The van der Waals surface area contributed by atoms with Crippen LogP contribution >= 0.6 is 0 Å². The summed E-state index contributed by atoms with van der Waals surface area (Å²) in [4.78, 5) is 4.77. The average Bonchev–Trinajstić information content (AvgIpc) is 3.38. The minimum atomic E-state index is -0.216. The summed E-state index contributed by atoms with van der Waals surface area (Å²) in [5.74, 6) is 1.19. The van der Waals surface area contributed by atoms with E-state index in [1.807, 2.05) is 6.07 Å². The van der Waals surface area contributed by atoms with Gasteiger partial charge in [0, 0.05) is 36.4 Å². The van der Waals surface area contributed by atoms with E-state index in [1.165, 1.54) is 27.7 Å². The van der Waals surface area contributed by atoms with Crippen LogP contribution in [0.4, 0.5) is 5.82 Å². The molecule has 0 radical (unpaired) electrons. The van der Waals surface area contributed by atoms with Crippen molar-refractivity contribution >= 4 is 27.8 Å². The molecule has 0 saturated carbocycles. The van der Waals surface area contributed by atoms with Crippen molar-refractivity contribution in [2.24, 2.45) is 7.05 Å². The summed E-state index contributed by atoms with van der Waals surface area (Å²) < 4.78 is 8.34. The van der Waals surface area contributed by atoms with Crippen LogP contribution in [0.1, 0.15) is 31.9 Å². The standard InChI is InChI=1S/C25H27N3O/c1-17-12-13-21-23(19-9-6-7-10-20(19)29-21)24(17)25(3,4)28-16-15-27(18(28)2)22-11-8-14-26(22)5/h6-16,18H,1-5H3/t18-/m1/s1. The van der Waals surface area contributed by atoms with Gasteiger partial charge in [0.25, 0.3) is 0 Å². The van der Waals surface area contributed by atoms with Crippen LogP contribution in [0.25, 0.3) is 21.9 Å². The lowest BCUT2D eigenvalue weighted by Gasteiger charge is -2.42. The molecule has 0 amide bonds. The third kappa shape index (κ3) is 2.52. The quantitative estimate of drug-likeness (QED) is 0.425. The Bertz CT molecular complexity index is 1240. The molecule has 29 heavy (non-hydrogen) atoms. The van der Waals surface area contributed by atoms with Gasteiger partial charge in [0.05, 0.1) is 5.54 Å². The number of furan rings is 1. The lowest BCUT2D eigenvalue weighted by Crippen LogP contribution is -2.46. The summed E-state index contributed by atoms with van der Waals surface area (Å²) in [5.41, 5.74) is 4.29. The van der Waals surface area contributed by atoms with Crippen LogP contribution < -0.4 is 4.90 Å². The molecule has 1 aliphatic heterocycles. The van der Waals surface area contributed by atoms with Gasteiger partial charge < -0.3 is 18.8 Å². The first-order valence-electron chi connectivity index (χ1n) is 10.2. The maximum atomic E-state index is 6.18. The minimum Gasteiger partial charge on any atom is -0.456 e. The number of aromatic nitrogens is 1. The van der Waals surface area contributed by atoms with Gasteiger partial charge in [0.15, 0.2) is 0 Å². The van der Waals surface area contributed by atoms with Gasteiger partial charge in [-0.25, -0.2) is 0 Å². The molecule has 3 heterocycles. The van der Waals surface area contributed by atoms with Crippen molar-refractivity contribution in [3.8, 4) is 0 Å². The fraction of sp³-hybridized carbons (Fsp3) is 0.280. The van der Waals surface area contributed by atoms with Crippen molar-refractivity contribution in [3.05, 3.63) is 78.3 Å². The Balaban J connectivity index is 1.66. The van der Waals surface area contributed by atoms with E-state index in [9.17, 15) is 0 Å². The fourth-order valence-corrected chi connectivity index (χ4v) is 5.01. The first-order chi connectivity index (χ1) is 13.9. The van der Waals surface area contributed by atoms with E-state index in [1.54, 1.807) is 0 Å². The summed E-state index contributed by atoms with van der Waals surface area (Å²) in [5, 5.41) is 2.41. The first kappa shape index (κ1) is 17.9. The molecule has 1 aliphatic rings. The zero-order valence-corrected chi connectivity index (χ0v) is 17.7. The second-order valence-electron chi connectivity index (χ2n) is 8.51. The number of aryl methyl sites for hydroxylation is 2. The lowest BCUT2D eigenvalue weighted by molar-refractivity contribution is 0.153. The number of anilines is 1. The van der Waals surface area contributed by atoms with Gasteiger partial charge in [-0.2, -0.15) is 0 Å². The molecule has 4 nitrogen and oxygen atoms in total. The second-order valence-corrected chi connectivity index (χ2v) is 8.51. The number of hydrogen-bond donors (Lipinski definition) is 0. The van der Waals surface area contributed by atoms with Gasteiger partial charge in [0.1, 0.15) is 23.1 Å². The molecule has 2 aromatic heterocycles. The zero-order valence-electron chi connectivity index (χ0n) is 17.7. The van der Waals surface area contributed by atoms with Crippen LogP contribution in [0.2, 0.25) is 0 Å². The predicted octanol–water partition coefficient (Wildman–Crippen LogP) is 6.11. The molecule has 5 rings (SSSR count). The molecular formula is C25H27N3O. The summed E-state index contributed by atoms with van der Waals surface area (Å²) in [6.45, 7) is 9.09. The number of rotatable bonds is 3. The highest BCUT2D eigenvalue weighted by Gasteiger charge is 2.38. The lowest BCUT2D eigenvalue weighted by atomic mass is 9.85. The van der Waals surface area contributed by atoms with Gasteiger partial charge in [-0.15, -0.1) is 0 Å². The van der Waals surface area contributed by atoms with E-state index < -0.39 is 0 Å². The Morgan fingerprint density at radius 1 is 0.931 bits per heavy atom. The van der Waals surface area contributed by atoms with Crippen LogP contribution in [0.3, 0.4) is 0 Å². The molecule has 0 spiro atoms. The Morgan fingerprint density at radius 2 is 1.72 bits per heavy atom. The van der Waals surface area contributed by atoms with Crippen molar-refractivity contribution < 1.29 is 4.42 Å². The van der Waals surface area contributed by atoms with Crippen molar-refractivity contribution in [1.29, 1.82) is 0 Å². The SMILES string of the molecule is Cc1ccc2oc3ccccc3c2c1C(C)(C)N1C=CN(c2cccn2C)[C@H]1C. The summed E-state index contributed by atoms with van der Waals surface area (Å²) in [6.07, 6.45) is 6.70. The average molecular weight is 386 g/mol. The smallest absolute Gasteiger partial charge is 0.135 e. The Labute approximate surface area is 171 Å². The third-order valence-electron chi connectivity index (χ3n) is 6.38. The fourth-order valence-electron chi connectivity index (χ4n) is 5.01. The highest BCUT2D eigenvalue weighted by Crippen LogP contribution is 2.43. The van der Waals surface area contributed by atoms with Gasteiger partial charge >= 0.3 is 0 Å². The van der Waals surface area contributed by atoms with Gasteiger partial charge in [-0.05, 0) is 63.1 Å². The molecule has 0 saturated heterocycles. The molecule has 0 aliphatic carbocycles. The normalized spacial score (nSPS) is 17.2. The van der Waals surface area contributed by atoms with Crippen LogP contribution in [-0.2, 0) is 12.6 Å². The van der Waals surface area contributed by atoms with Crippen molar-refractivity contribution in [3.63, 3.8) is 0 Å². The van der Waals surface area contributed by atoms with E-state index in [-0.39, 0.29) is 11.7 Å². The molecule has 2 aromatic carbocycles. The summed E-state index contributed by atoms with van der Waals surface area (Å²) in [7, 11) is 2.09. The van der Waals surface area contributed by atoms with Crippen molar-refractivity contribution in [2.75, 3.05) is 4.90 Å². The number of para-hydroxylation sites is 1. The second kappa shape index (κ2) is 6.18. The molecule has 0 fully saturated rings. The number of hydrogen-bond acceptors (Lipinski definition) is 3. The van der Waals surface area contributed by atoms with E-state index in [4.69, 9.17) is 4.42 Å². The van der Waals surface area contributed by atoms with Crippen molar-refractivity contribution in [2.45, 2.75) is 39.4 Å². The largest absolute Gasteiger partial charge is 0.456 e. The molecule has 148 valence electrons. The van der Waals surface area contributed by atoms with Gasteiger partial charge in [-0.1, -0.05) is 24.3 Å². The highest BCUT2D eigenvalue weighted by atomic mass is 16.3. The van der Waals surface area contributed by atoms with Gasteiger partial charge in [-0.3, -0.25) is 0 Å². The minimum absolute atomic E-state index is 0.200. The van der Waals surface area contributed by atoms with E-state index >= 15 is 0 Å². The van der Waals surface area contributed by atoms with Crippen molar-refractivity contribution in [1.82, 2.24) is 9.47 Å². The van der Waals surface area contributed by atoms with Crippen LogP contribution in [0.15, 0.2) is 71.5 Å². The monoisotopic (exact) mass is 385 g/mol. The molecule has 0 unspecified atom stereocenters. The van der Waals surface area contributed by atoms with E-state index in [2.05, 4.69) is 110 Å². The molecule has 0 bridgehead atoms. The maximum Gasteiger partial charge on any atom is 0.135 e. The molecule has 0 N–H and O–H groups in total. The Morgan fingerprint density at radius 3 is 2.48 bits per heavy atom. The highest BCUT2D eigenvalue weighted by molar-refractivity contribution is 6.07. The molecule has 4 heteroatoms. The molecule has 1 atom stereocenters. The van der Waals surface area contributed by atoms with E-state index in [0.717, 1.165) is 11.2 Å². The Kier molecular flexibility index (Phi) is 3.82. The van der Waals surface area contributed by atoms with Gasteiger partial charge in [0.2, 0.25) is 0 Å². The Hall–Kier alpha value is -3.14. The maximum absolute atomic E-state index is 6.18. The number of nitrogens with zero attached hydrogens (tertiary/aromatic N) is 3. The van der Waals surface area contributed by atoms with Crippen LogP contribution in [-0.4, -0.2) is 15.6 Å². The number of fused-ring (bicyclic) bond motifs is 3. The van der Waals surface area contributed by atoms with Crippen LogP contribution in [0, 0.1) is 6.92 Å². The molecular weight excluding hydrogens is 358 g/mol. The summed E-state index contributed by atoms with van der Waals surface area (Å²) in [6, 6.07) is 16.9. The first-order valence-corrected chi connectivity index (χ1v) is 10.2. The summed E-state index contributed by atoms with van der Waals surface area (Å²) >= 11 is 0.